The summed E-state index contributed by atoms with van der Waals surface area (Å²) in [4.78, 5) is 0. The van der Waals surface area contributed by atoms with Gasteiger partial charge in [-0.1, -0.05) is 50.1 Å². The lowest BCUT2D eigenvalue weighted by Gasteiger charge is -1.97. The van der Waals surface area contributed by atoms with Crippen LogP contribution in [0.5, 0.6) is 0 Å². The minimum atomic E-state index is 0.319. The van der Waals surface area contributed by atoms with Gasteiger partial charge in [-0.3, -0.25) is 0 Å². The molecule has 1 aromatic rings. The van der Waals surface area contributed by atoms with Crippen LogP contribution < -0.4 is 0 Å². The van der Waals surface area contributed by atoms with Crippen molar-refractivity contribution < 1.29 is 10.2 Å². The first-order valence-electron chi connectivity index (χ1n) is 5.85. The Labute approximate surface area is 100.0 Å². The predicted molar refractivity (Wildman–Crippen MR) is 70.7 cm³/mol. The van der Waals surface area contributed by atoms with Gasteiger partial charge in [0.15, 0.2) is 0 Å². The van der Waals surface area contributed by atoms with Gasteiger partial charge in [0, 0.05) is 13.7 Å². The van der Waals surface area contributed by atoms with Crippen LogP contribution in [0.15, 0.2) is 24.3 Å². The Balaban J connectivity index is 0. The third kappa shape index (κ3) is 11.2. The van der Waals surface area contributed by atoms with Crippen LogP contribution in [-0.2, 0) is 6.42 Å². The molecule has 0 atom stereocenters. The molecule has 2 nitrogen and oxygen atoms in total. The number of hydrogen-bond donors (Lipinski definition) is 2. The van der Waals surface area contributed by atoms with E-state index in [-0.39, 0.29) is 0 Å². The van der Waals surface area contributed by atoms with Crippen LogP contribution in [0.4, 0.5) is 0 Å². The van der Waals surface area contributed by atoms with Gasteiger partial charge in [0.05, 0.1) is 0 Å². The van der Waals surface area contributed by atoms with Crippen molar-refractivity contribution in [2.24, 2.45) is 0 Å². The number of benzene rings is 1. The number of aryl methyl sites for hydroxylation is 2. The van der Waals surface area contributed by atoms with Gasteiger partial charge < -0.3 is 10.2 Å². The maximum atomic E-state index is 7.88. The molecule has 0 unspecified atom stereocenters. The van der Waals surface area contributed by atoms with E-state index in [2.05, 4.69) is 38.1 Å². The Hall–Kier alpha value is -0.860. The highest BCUT2D eigenvalue weighted by Crippen LogP contribution is 2.04. The van der Waals surface area contributed by atoms with E-state index < -0.39 is 0 Å². The number of hydrogen-bond acceptors (Lipinski definition) is 2. The fourth-order valence-electron chi connectivity index (χ4n) is 1.04. The lowest BCUT2D eigenvalue weighted by Crippen LogP contribution is -1.81. The summed E-state index contributed by atoms with van der Waals surface area (Å²) < 4.78 is 0. The quantitative estimate of drug-likeness (QED) is 0.832. The van der Waals surface area contributed by atoms with E-state index in [1.165, 1.54) is 24.0 Å². The van der Waals surface area contributed by atoms with E-state index in [9.17, 15) is 0 Å². The molecule has 0 radical (unpaired) electrons. The Bertz CT molecular complexity index is 215. The first-order chi connectivity index (χ1) is 7.74. The van der Waals surface area contributed by atoms with Crippen molar-refractivity contribution >= 4 is 0 Å². The largest absolute Gasteiger partial charge is 0.400 e. The van der Waals surface area contributed by atoms with E-state index in [0.29, 0.717) is 6.61 Å². The number of aliphatic hydroxyl groups is 2. The van der Waals surface area contributed by atoms with Crippen LogP contribution >= 0.6 is 0 Å². The predicted octanol–water partition coefficient (Wildman–Crippen LogP) is 2.94. The first kappa shape index (κ1) is 17.5. The topological polar surface area (TPSA) is 40.5 Å². The van der Waals surface area contributed by atoms with Gasteiger partial charge in [-0.15, -0.1) is 0 Å². The molecule has 1 aromatic carbocycles. The van der Waals surface area contributed by atoms with Crippen molar-refractivity contribution in [1.82, 2.24) is 0 Å². The summed E-state index contributed by atoms with van der Waals surface area (Å²) in [5.41, 5.74) is 2.80. The Kier molecular flexibility index (Phi) is 15.5. The molecule has 0 aliphatic rings. The zero-order chi connectivity index (χ0) is 12.8. The molecule has 94 valence electrons. The number of aliphatic hydroxyl groups excluding tert-OH is 2. The highest BCUT2D eigenvalue weighted by molar-refractivity contribution is 5.21. The van der Waals surface area contributed by atoms with E-state index >= 15 is 0 Å². The lowest BCUT2D eigenvalue weighted by atomic mass is 10.1. The van der Waals surface area contributed by atoms with E-state index in [1.807, 2.05) is 6.92 Å². The molecular weight excluding hydrogens is 200 g/mol. The molecule has 16 heavy (non-hydrogen) atoms. The van der Waals surface area contributed by atoms with Crippen molar-refractivity contribution in [3.63, 3.8) is 0 Å². The van der Waals surface area contributed by atoms with Crippen molar-refractivity contribution in [3.8, 4) is 0 Å². The molecule has 2 N–H and O–H groups in total. The molecule has 0 aromatic heterocycles. The molecule has 0 amide bonds. The Morgan fingerprint density at radius 3 is 1.69 bits per heavy atom. The standard InChI is InChI=1S/C10H14.C3H8O.CH4O/c1-3-4-10-7-5-9(2)6-8-10;1-2-3-4;1-2/h5-8H,3-4H2,1-2H3;4H,2-3H2,1H3;2H,1H3. The fourth-order valence-corrected chi connectivity index (χ4v) is 1.04. The van der Waals surface area contributed by atoms with Gasteiger partial charge in [-0.2, -0.15) is 0 Å². The maximum Gasteiger partial charge on any atom is 0.0428 e. The van der Waals surface area contributed by atoms with E-state index in [0.717, 1.165) is 13.5 Å². The van der Waals surface area contributed by atoms with Crippen LogP contribution in [-0.4, -0.2) is 23.9 Å². The monoisotopic (exact) mass is 226 g/mol. The molecule has 1 rings (SSSR count). The van der Waals surface area contributed by atoms with Gasteiger partial charge in [0.2, 0.25) is 0 Å². The highest BCUT2D eigenvalue weighted by Gasteiger charge is 1.88. The fraction of sp³-hybridized carbons (Fsp3) is 0.571. The molecule has 0 bridgehead atoms. The molecule has 0 saturated carbocycles. The van der Waals surface area contributed by atoms with Crippen LogP contribution in [0.3, 0.4) is 0 Å². The smallest absolute Gasteiger partial charge is 0.0428 e. The molecule has 0 heterocycles. The van der Waals surface area contributed by atoms with Crippen molar-refractivity contribution in [2.45, 2.75) is 40.0 Å². The van der Waals surface area contributed by atoms with Crippen LogP contribution in [0.25, 0.3) is 0 Å². The van der Waals surface area contributed by atoms with Gasteiger partial charge in [-0.25, -0.2) is 0 Å². The molecule has 0 aliphatic carbocycles. The first-order valence-corrected chi connectivity index (χ1v) is 5.85. The van der Waals surface area contributed by atoms with E-state index in [4.69, 9.17) is 10.2 Å². The average Bonchev–Trinajstić information content (AvgIpc) is 2.35. The second kappa shape index (κ2) is 14.1. The normalized spacial score (nSPS) is 8.38. The van der Waals surface area contributed by atoms with E-state index in [1.54, 1.807) is 0 Å². The van der Waals surface area contributed by atoms with Gasteiger partial charge >= 0.3 is 0 Å². The van der Waals surface area contributed by atoms with Gasteiger partial charge in [-0.05, 0) is 25.3 Å². The minimum Gasteiger partial charge on any atom is -0.400 e. The minimum absolute atomic E-state index is 0.319. The third-order valence-electron chi connectivity index (χ3n) is 1.88. The van der Waals surface area contributed by atoms with Crippen LogP contribution in [0.2, 0.25) is 0 Å². The Morgan fingerprint density at radius 2 is 1.38 bits per heavy atom. The van der Waals surface area contributed by atoms with Crippen LogP contribution in [0, 0.1) is 6.92 Å². The van der Waals surface area contributed by atoms with Gasteiger partial charge in [0.1, 0.15) is 0 Å². The van der Waals surface area contributed by atoms with Gasteiger partial charge in [0.25, 0.3) is 0 Å². The van der Waals surface area contributed by atoms with Crippen molar-refractivity contribution in [2.75, 3.05) is 13.7 Å². The summed E-state index contributed by atoms with van der Waals surface area (Å²) in [6.45, 7) is 6.58. The maximum absolute atomic E-state index is 7.88. The van der Waals surface area contributed by atoms with Crippen molar-refractivity contribution in [3.05, 3.63) is 35.4 Å². The second-order valence-electron chi connectivity index (χ2n) is 3.46. The molecule has 0 fully saturated rings. The summed E-state index contributed by atoms with van der Waals surface area (Å²) in [6, 6.07) is 8.76. The zero-order valence-corrected chi connectivity index (χ0v) is 11.0. The lowest BCUT2D eigenvalue weighted by molar-refractivity contribution is 0.295. The number of rotatable bonds is 3. The molecular formula is C14H26O2. The molecule has 0 aliphatic heterocycles. The summed E-state index contributed by atoms with van der Waals surface area (Å²) in [5, 5.41) is 14.9. The summed E-state index contributed by atoms with van der Waals surface area (Å²) in [7, 11) is 1.00. The molecule has 0 spiro atoms. The summed E-state index contributed by atoms with van der Waals surface area (Å²) >= 11 is 0. The highest BCUT2D eigenvalue weighted by atomic mass is 16.3. The molecule has 0 saturated heterocycles. The zero-order valence-electron chi connectivity index (χ0n) is 11.0. The summed E-state index contributed by atoms with van der Waals surface area (Å²) in [6.07, 6.45) is 3.32. The molecule has 2 heteroatoms. The van der Waals surface area contributed by atoms with Crippen molar-refractivity contribution in [1.29, 1.82) is 0 Å². The second-order valence-corrected chi connectivity index (χ2v) is 3.46. The Morgan fingerprint density at radius 1 is 0.938 bits per heavy atom. The average molecular weight is 226 g/mol. The summed E-state index contributed by atoms with van der Waals surface area (Å²) in [5.74, 6) is 0. The third-order valence-corrected chi connectivity index (χ3v) is 1.88. The van der Waals surface area contributed by atoms with Crippen LogP contribution in [0.1, 0.15) is 37.8 Å². The SMILES string of the molecule is CCCO.CCCc1ccc(C)cc1.CO.